The summed E-state index contributed by atoms with van der Waals surface area (Å²) < 4.78 is 15.1. The first-order valence-corrected chi connectivity index (χ1v) is 8.22. The zero-order chi connectivity index (χ0) is 19.6. The highest BCUT2D eigenvalue weighted by atomic mass is 35.5. The Morgan fingerprint density at radius 2 is 1.67 bits per heavy atom. The Balaban J connectivity index is 2.17. The Morgan fingerprint density at radius 1 is 1.04 bits per heavy atom. The summed E-state index contributed by atoms with van der Waals surface area (Å²) in [5, 5.41) is 11.1. The normalized spacial score (nSPS) is 15.4. The van der Waals surface area contributed by atoms with Gasteiger partial charge in [-0.2, -0.15) is 0 Å². The average molecular weight is 387 g/mol. The quantitative estimate of drug-likeness (QED) is 0.636. The topological polar surface area (TPSA) is 82.1 Å². The molecule has 0 unspecified atom stereocenters. The van der Waals surface area contributed by atoms with Crippen LogP contribution in [0.4, 0.5) is 0 Å². The first kappa shape index (κ1) is 18.5. The van der Waals surface area contributed by atoms with Crippen molar-refractivity contribution in [2.24, 2.45) is 0 Å². The van der Waals surface area contributed by atoms with Gasteiger partial charge in [0.1, 0.15) is 16.9 Å². The molecule has 0 spiro atoms. The Hall–Kier alpha value is -3.25. The van der Waals surface area contributed by atoms with Gasteiger partial charge in [-0.1, -0.05) is 35.9 Å². The van der Waals surface area contributed by atoms with Crippen molar-refractivity contribution < 1.29 is 28.9 Å². The molecule has 0 saturated heterocycles. The van der Waals surface area contributed by atoms with Gasteiger partial charge in [0.05, 0.1) is 14.2 Å². The third kappa shape index (κ3) is 3.52. The number of benzene rings is 2. The van der Waals surface area contributed by atoms with Crippen LogP contribution >= 0.6 is 11.6 Å². The molecule has 0 saturated carbocycles. The molecule has 138 valence electrons. The highest BCUT2D eigenvalue weighted by Crippen LogP contribution is 2.37. The Bertz CT molecular complexity index is 955. The molecule has 1 N–H and O–H groups in total. The third-order valence-electron chi connectivity index (χ3n) is 3.98. The number of hydrogen-bond donors (Lipinski definition) is 1. The summed E-state index contributed by atoms with van der Waals surface area (Å²) in [5.74, 6) is -1.65. The van der Waals surface area contributed by atoms with Gasteiger partial charge in [0.25, 0.3) is 0 Å². The fraction of sp³-hybridized carbons (Fsp3) is 0.100. The third-order valence-corrected chi connectivity index (χ3v) is 4.23. The molecular formula is C20H15ClO6. The smallest absolute Gasteiger partial charge is 0.348 e. The van der Waals surface area contributed by atoms with Gasteiger partial charge in [0, 0.05) is 5.02 Å². The number of esters is 2. The van der Waals surface area contributed by atoms with Crippen LogP contribution in [-0.2, 0) is 19.1 Å². The lowest BCUT2D eigenvalue weighted by molar-refractivity contribution is -0.134. The van der Waals surface area contributed by atoms with E-state index in [1.54, 1.807) is 48.5 Å². The number of cyclic esters (lactones) is 1. The minimum atomic E-state index is -0.775. The summed E-state index contributed by atoms with van der Waals surface area (Å²) in [6.07, 6.45) is 0. The molecule has 27 heavy (non-hydrogen) atoms. The monoisotopic (exact) mass is 386 g/mol. The summed E-state index contributed by atoms with van der Waals surface area (Å²) in [6.45, 7) is 0. The molecule has 0 atom stereocenters. The molecule has 2 aromatic rings. The van der Waals surface area contributed by atoms with E-state index in [0.717, 1.165) is 0 Å². The molecule has 6 nitrogen and oxygen atoms in total. The highest BCUT2D eigenvalue weighted by molar-refractivity contribution is 6.30. The van der Waals surface area contributed by atoms with Crippen LogP contribution in [0.25, 0.3) is 11.1 Å². The molecule has 1 heterocycles. The number of ether oxygens (including phenoxy) is 3. The second kappa shape index (κ2) is 7.55. The molecule has 0 bridgehead atoms. The largest absolute Gasteiger partial charge is 0.504 e. The minimum absolute atomic E-state index is 0.0528. The summed E-state index contributed by atoms with van der Waals surface area (Å²) in [4.78, 5) is 24.7. The van der Waals surface area contributed by atoms with Crippen LogP contribution < -0.4 is 4.74 Å². The summed E-state index contributed by atoms with van der Waals surface area (Å²) >= 11 is 5.88. The van der Waals surface area contributed by atoms with Gasteiger partial charge < -0.3 is 19.3 Å². The lowest BCUT2D eigenvalue weighted by Gasteiger charge is -2.09. The van der Waals surface area contributed by atoms with Gasteiger partial charge >= 0.3 is 11.9 Å². The van der Waals surface area contributed by atoms with Crippen LogP contribution in [0.5, 0.6) is 5.75 Å². The zero-order valence-corrected chi connectivity index (χ0v) is 15.2. The van der Waals surface area contributed by atoms with Crippen LogP contribution in [0, 0.1) is 0 Å². The van der Waals surface area contributed by atoms with Gasteiger partial charge in [-0.3, -0.25) is 0 Å². The highest BCUT2D eigenvalue weighted by Gasteiger charge is 2.36. The lowest BCUT2D eigenvalue weighted by Crippen LogP contribution is -2.09. The van der Waals surface area contributed by atoms with Crippen molar-refractivity contribution in [2.75, 3.05) is 14.2 Å². The van der Waals surface area contributed by atoms with E-state index in [1.807, 2.05) is 0 Å². The molecule has 0 fully saturated rings. The van der Waals surface area contributed by atoms with E-state index in [0.29, 0.717) is 21.9 Å². The van der Waals surface area contributed by atoms with Crippen LogP contribution in [-0.4, -0.2) is 31.3 Å². The van der Waals surface area contributed by atoms with Crippen molar-refractivity contribution in [3.8, 4) is 5.75 Å². The van der Waals surface area contributed by atoms with Crippen LogP contribution in [0.15, 0.2) is 60.0 Å². The standard InChI is InChI=1S/C20H15ClO6/c1-25-14-9-5-11(6-10-14)15-17(22)18(27-20(15)24)16(19(23)26-2)12-3-7-13(21)8-4-12/h3-10,22H,1-2H3/b18-16+. The Morgan fingerprint density at radius 3 is 2.22 bits per heavy atom. The maximum Gasteiger partial charge on any atom is 0.348 e. The Labute approximate surface area is 160 Å². The van der Waals surface area contributed by atoms with Crippen LogP contribution in [0.2, 0.25) is 5.02 Å². The summed E-state index contributed by atoms with van der Waals surface area (Å²) in [5.41, 5.74) is 0.678. The number of hydrogen-bond acceptors (Lipinski definition) is 6. The maximum atomic E-state index is 12.4. The first-order chi connectivity index (χ1) is 13.0. The van der Waals surface area contributed by atoms with Crippen LogP contribution in [0.3, 0.4) is 0 Å². The van der Waals surface area contributed by atoms with Crippen LogP contribution in [0.1, 0.15) is 11.1 Å². The molecule has 3 rings (SSSR count). The predicted octanol–water partition coefficient (Wildman–Crippen LogP) is 3.76. The van der Waals surface area contributed by atoms with Crippen molar-refractivity contribution in [2.45, 2.75) is 0 Å². The van der Waals surface area contributed by atoms with Crippen molar-refractivity contribution in [3.63, 3.8) is 0 Å². The molecule has 0 aliphatic carbocycles. The molecule has 1 aliphatic heterocycles. The van der Waals surface area contributed by atoms with Gasteiger partial charge in [0.2, 0.25) is 0 Å². The number of carbonyl (C=O) groups is 2. The fourth-order valence-corrected chi connectivity index (χ4v) is 2.77. The lowest BCUT2D eigenvalue weighted by atomic mass is 10.0. The molecule has 7 heteroatoms. The van der Waals surface area contributed by atoms with E-state index >= 15 is 0 Å². The van der Waals surface area contributed by atoms with Gasteiger partial charge in [-0.05, 0) is 35.4 Å². The summed E-state index contributed by atoms with van der Waals surface area (Å²) in [7, 11) is 2.71. The number of carbonyl (C=O) groups excluding carboxylic acids is 2. The minimum Gasteiger partial charge on any atom is -0.504 e. The fourth-order valence-electron chi connectivity index (χ4n) is 2.64. The van der Waals surface area contributed by atoms with E-state index in [1.165, 1.54) is 14.2 Å². The molecular weight excluding hydrogens is 372 g/mol. The molecule has 1 aliphatic rings. The van der Waals surface area contributed by atoms with Gasteiger partial charge in [-0.25, -0.2) is 9.59 Å². The number of aliphatic hydroxyl groups excluding tert-OH is 1. The van der Waals surface area contributed by atoms with Gasteiger partial charge in [0.15, 0.2) is 11.5 Å². The van der Waals surface area contributed by atoms with Crippen molar-refractivity contribution in [3.05, 3.63) is 76.2 Å². The molecule has 0 amide bonds. The molecule has 0 aromatic heterocycles. The van der Waals surface area contributed by atoms with E-state index in [2.05, 4.69) is 0 Å². The second-order valence-corrected chi connectivity index (χ2v) is 5.98. The number of rotatable bonds is 4. The molecule has 2 aromatic carbocycles. The van der Waals surface area contributed by atoms with Crippen molar-refractivity contribution >= 4 is 34.7 Å². The predicted molar refractivity (Wildman–Crippen MR) is 99.0 cm³/mol. The van der Waals surface area contributed by atoms with E-state index in [4.69, 9.17) is 25.8 Å². The summed E-state index contributed by atoms with van der Waals surface area (Å²) in [6, 6.07) is 12.8. The Kier molecular flexibility index (Phi) is 5.19. The maximum absolute atomic E-state index is 12.4. The van der Waals surface area contributed by atoms with Gasteiger partial charge in [-0.15, -0.1) is 0 Å². The number of halogens is 1. The zero-order valence-electron chi connectivity index (χ0n) is 14.5. The first-order valence-electron chi connectivity index (χ1n) is 7.85. The second-order valence-electron chi connectivity index (χ2n) is 5.54. The number of aliphatic hydroxyl groups is 1. The SMILES string of the molecule is COC(=O)/C(=C1/OC(=O)C(c2ccc(OC)cc2)=C1O)c1ccc(Cl)cc1. The van der Waals surface area contributed by atoms with Crippen molar-refractivity contribution in [1.82, 2.24) is 0 Å². The van der Waals surface area contributed by atoms with E-state index in [9.17, 15) is 14.7 Å². The van der Waals surface area contributed by atoms with Crippen molar-refractivity contribution in [1.29, 1.82) is 0 Å². The van der Waals surface area contributed by atoms with E-state index in [-0.39, 0.29) is 16.9 Å². The van der Waals surface area contributed by atoms with E-state index < -0.39 is 17.7 Å². The molecule has 0 radical (unpaired) electrons. The average Bonchev–Trinajstić information content (AvgIpc) is 2.97. The number of methoxy groups -OCH3 is 2.